The molecule has 1 N–H and O–H groups in total. The van der Waals surface area contributed by atoms with Gasteiger partial charge < -0.3 is 19.6 Å². The van der Waals surface area contributed by atoms with Gasteiger partial charge in [0.1, 0.15) is 11.0 Å². The van der Waals surface area contributed by atoms with Gasteiger partial charge in [0.25, 0.3) is 11.8 Å². The molecule has 386 valence electrons. The molecule has 0 unspecified atom stereocenters. The van der Waals surface area contributed by atoms with Crippen LogP contribution < -0.4 is 0 Å². The number of aromatic nitrogens is 8. The summed E-state index contributed by atoms with van der Waals surface area (Å²) in [6.07, 6.45) is 1.52. The molecule has 0 saturated carbocycles. The van der Waals surface area contributed by atoms with Crippen molar-refractivity contribution in [1.82, 2.24) is 49.8 Å². The number of hydrogen-bond donors (Lipinski definition) is 1. The Balaban J connectivity index is 0.000000184. The number of methoxy groups -OCH3 is 1. The van der Waals surface area contributed by atoms with Crippen molar-refractivity contribution in [3.8, 4) is 0 Å². The molecule has 4 aromatic carbocycles. The molecule has 2 atom stereocenters. The Labute approximate surface area is 436 Å². The van der Waals surface area contributed by atoms with Gasteiger partial charge in [0.15, 0.2) is 0 Å². The fourth-order valence-corrected chi connectivity index (χ4v) is 10.5. The van der Waals surface area contributed by atoms with Gasteiger partial charge in [-0.3, -0.25) is 29.1 Å². The third-order valence-corrected chi connectivity index (χ3v) is 15.3. The second-order valence-electron chi connectivity index (χ2n) is 19.8. The minimum absolute atomic E-state index is 0.0108. The van der Waals surface area contributed by atoms with E-state index in [1.54, 1.807) is 0 Å². The summed E-state index contributed by atoms with van der Waals surface area (Å²) in [4.78, 5) is 64.7. The van der Waals surface area contributed by atoms with E-state index < -0.39 is 11.9 Å². The van der Waals surface area contributed by atoms with Gasteiger partial charge in [0.2, 0.25) is 0 Å². The van der Waals surface area contributed by atoms with Crippen molar-refractivity contribution in [3.05, 3.63) is 174 Å². The summed E-state index contributed by atoms with van der Waals surface area (Å²) in [7, 11) is 1.40. The number of pyridine rings is 2. The van der Waals surface area contributed by atoms with Crippen molar-refractivity contribution in [3.63, 3.8) is 0 Å². The first-order valence-electron chi connectivity index (χ1n) is 25.7. The van der Waals surface area contributed by atoms with E-state index in [0.29, 0.717) is 56.0 Å². The van der Waals surface area contributed by atoms with E-state index in [9.17, 15) is 24.3 Å². The number of esters is 1. The van der Waals surface area contributed by atoms with E-state index in [1.807, 2.05) is 153 Å². The topological polar surface area (TPSA) is 191 Å². The van der Waals surface area contributed by atoms with E-state index in [0.717, 1.165) is 102 Å². The molecule has 2 aliphatic rings. The van der Waals surface area contributed by atoms with E-state index in [-0.39, 0.29) is 36.5 Å². The molecule has 75 heavy (non-hydrogen) atoms. The van der Waals surface area contributed by atoms with Crippen LogP contribution in [0.4, 0.5) is 0 Å². The minimum atomic E-state index is -0.896. The molecular weight excluding hydrogens is 945 g/mol. The molecule has 0 aliphatic carbocycles. The minimum Gasteiger partial charge on any atom is -0.481 e. The predicted octanol–water partition coefficient (Wildman–Crippen LogP) is 9.24. The maximum atomic E-state index is 13.3. The second-order valence-corrected chi connectivity index (χ2v) is 19.8. The Bertz CT molecular complexity index is 3520. The summed E-state index contributed by atoms with van der Waals surface area (Å²) in [6, 6.07) is 27.7. The Morgan fingerprint density at radius 2 is 1.01 bits per heavy atom. The number of aryl methyl sites for hydroxylation is 8. The van der Waals surface area contributed by atoms with Crippen LogP contribution in [-0.4, -0.2) is 98.8 Å². The lowest BCUT2D eigenvalue weighted by Crippen LogP contribution is -2.36. The van der Waals surface area contributed by atoms with E-state index >= 15 is 0 Å². The highest BCUT2D eigenvalue weighted by Crippen LogP contribution is 2.36. The van der Waals surface area contributed by atoms with Crippen LogP contribution in [0.25, 0.3) is 22.1 Å². The lowest BCUT2D eigenvalue weighted by atomic mass is 9.87. The molecule has 2 amide bonds. The number of carbonyl (C=O) groups excluding carboxylic acids is 3. The van der Waals surface area contributed by atoms with Gasteiger partial charge in [0, 0.05) is 60.5 Å². The Hall–Kier alpha value is -8.14. The van der Waals surface area contributed by atoms with Crippen LogP contribution >= 0.6 is 0 Å². The van der Waals surface area contributed by atoms with Crippen LogP contribution in [0.5, 0.6) is 0 Å². The predicted molar refractivity (Wildman–Crippen MR) is 286 cm³/mol. The zero-order valence-electron chi connectivity index (χ0n) is 44.3. The standard InChI is InChI=1S/C30H33N5O3.C29H31N5O3/c1-6-35-27-12-10-23(20(4)29(27)32-33-35)24(16-28(36)38-5)25-11-9-21-13-14-34(17-26(21)31-25)30(37)22-8-7-18(2)19(3)15-22;1-5-34-26-11-9-22(19(4)28(26)31-32-34)23(15-27(35)36)24-10-8-20-12-13-33(16-25(20)30-24)29(37)21-7-6-17(2)18(3)14-21/h7-12,15,24H,6,13-14,16-17H2,1-5H3;6-11,14,23H,5,12-13,15-16H2,1-4H3,(H,35,36)/t24-;23-/m11/s1. The number of aliphatic carboxylic acids is 1. The first-order chi connectivity index (χ1) is 36.1. The normalized spacial score (nSPS) is 13.9. The van der Waals surface area contributed by atoms with Crippen LogP contribution in [0.15, 0.2) is 84.9 Å². The largest absolute Gasteiger partial charge is 0.481 e. The zero-order valence-corrected chi connectivity index (χ0v) is 44.3. The van der Waals surface area contributed by atoms with Gasteiger partial charge in [-0.2, -0.15) is 0 Å². The molecule has 4 aromatic heterocycles. The summed E-state index contributed by atoms with van der Waals surface area (Å²) in [6.45, 7) is 19.7. The highest BCUT2D eigenvalue weighted by molar-refractivity contribution is 5.95. The van der Waals surface area contributed by atoms with Gasteiger partial charge in [-0.15, -0.1) is 10.2 Å². The number of hydrogen-bond acceptors (Lipinski definition) is 11. The van der Waals surface area contributed by atoms with Crippen molar-refractivity contribution in [1.29, 1.82) is 0 Å². The first-order valence-corrected chi connectivity index (χ1v) is 25.7. The number of amides is 2. The van der Waals surface area contributed by atoms with Gasteiger partial charge in [-0.25, -0.2) is 9.36 Å². The van der Waals surface area contributed by atoms with E-state index in [4.69, 9.17) is 14.7 Å². The van der Waals surface area contributed by atoms with Gasteiger partial charge >= 0.3 is 11.9 Å². The quantitative estimate of drug-likeness (QED) is 0.114. The number of carboxylic acids is 1. The van der Waals surface area contributed by atoms with Crippen molar-refractivity contribution in [2.24, 2.45) is 0 Å². The summed E-state index contributed by atoms with van der Waals surface area (Å²) >= 11 is 0. The van der Waals surface area contributed by atoms with E-state index in [2.05, 4.69) is 26.7 Å². The second kappa shape index (κ2) is 21.8. The number of carbonyl (C=O) groups is 4. The maximum Gasteiger partial charge on any atom is 0.306 e. The zero-order chi connectivity index (χ0) is 53.2. The number of ether oxygens (including phenoxy) is 1. The molecule has 10 rings (SSSR count). The maximum absolute atomic E-state index is 13.3. The van der Waals surface area contributed by atoms with Crippen LogP contribution in [0.2, 0.25) is 0 Å². The Morgan fingerprint density at radius 1 is 0.573 bits per heavy atom. The number of fused-ring (bicyclic) bond motifs is 4. The molecule has 0 saturated heterocycles. The van der Waals surface area contributed by atoms with E-state index in [1.165, 1.54) is 12.7 Å². The number of nitrogens with zero attached hydrogens (tertiary/aromatic N) is 10. The summed E-state index contributed by atoms with van der Waals surface area (Å²) in [5.41, 5.74) is 18.5. The average molecular weight is 1010 g/mol. The lowest BCUT2D eigenvalue weighted by Gasteiger charge is -2.29. The lowest BCUT2D eigenvalue weighted by molar-refractivity contribution is -0.141. The van der Waals surface area contributed by atoms with Crippen molar-refractivity contribution >= 4 is 45.8 Å². The molecule has 0 radical (unpaired) electrons. The summed E-state index contributed by atoms with van der Waals surface area (Å²) < 4.78 is 8.74. The fraction of sp³-hybridized carbons (Fsp3) is 0.356. The number of rotatable bonds is 12. The van der Waals surface area contributed by atoms with Crippen LogP contribution in [0.1, 0.15) is 138 Å². The fourth-order valence-electron chi connectivity index (χ4n) is 10.5. The average Bonchev–Trinajstić information content (AvgIpc) is 4.06. The van der Waals surface area contributed by atoms with Gasteiger partial charge in [0.05, 0.1) is 55.5 Å². The highest BCUT2D eigenvalue weighted by atomic mass is 16.5. The smallest absolute Gasteiger partial charge is 0.306 e. The van der Waals surface area contributed by atoms with Crippen LogP contribution in [0.3, 0.4) is 0 Å². The molecule has 8 aromatic rings. The molecule has 0 bridgehead atoms. The molecule has 0 fully saturated rings. The van der Waals surface area contributed by atoms with Crippen molar-refractivity contribution in [2.75, 3.05) is 20.2 Å². The highest BCUT2D eigenvalue weighted by Gasteiger charge is 2.30. The molecular formula is C59H64N10O6. The van der Waals surface area contributed by atoms with Crippen molar-refractivity contribution in [2.45, 2.75) is 119 Å². The molecule has 0 spiro atoms. The molecule has 16 heteroatoms. The Morgan fingerprint density at radius 3 is 1.41 bits per heavy atom. The van der Waals surface area contributed by atoms with Crippen LogP contribution in [0, 0.1) is 41.5 Å². The molecule has 16 nitrogen and oxygen atoms in total. The summed E-state index contributed by atoms with van der Waals surface area (Å²) in [5, 5.41) is 27.0. The third kappa shape index (κ3) is 10.5. The first kappa shape index (κ1) is 51.7. The molecule has 2 aliphatic heterocycles. The SMILES string of the molecule is CCn1nnc2c(C)c([C@@H](CC(=O)O)c3ccc4c(n3)CN(C(=O)c3ccc(C)c(C)c3)CC4)ccc21.CCn1nnc2c(C)c([C@@H](CC(=O)OC)c3ccc4c(n3)CN(C(=O)c3ccc(C)c(C)c3)CC4)ccc21. The monoisotopic (exact) mass is 1010 g/mol. The Kier molecular flexibility index (Phi) is 15.0. The van der Waals surface area contributed by atoms with Crippen LogP contribution in [-0.2, 0) is 53.3 Å². The third-order valence-electron chi connectivity index (χ3n) is 15.3. The van der Waals surface area contributed by atoms with Gasteiger partial charge in [-0.05, 0) is 172 Å². The molecule has 6 heterocycles. The van der Waals surface area contributed by atoms with Gasteiger partial charge in [-0.1, -0.05) is 46.8 Å². The van der Waals surface area contributed by atoms with Crippen molar-refractivity contribution < 1.29 is 29.0 Å². The number of carboxylic acid groups (broad SMARTS) is 1. The number of benzene rings is 4. The summed E-state index contributed by atoms with van der Waals surface area (Å²) in [5.74, 6) is -1.95.